The minimum absolute atomic E-state index is 0.179. The van der Waals surface area contributed by atoms with Crippen LogP contribution in [0.2, 0.25) is 5.02 Å². The Morgan fingerprint density at radius 3 is 2.30 bits per heavy atom. The molecule has 0 aliphatic carbocycles. The van der Waals surface area contributed by atoms with Crippen molar-refractivity contribution in [3.63, 3.8) is 0 Å². The first kappa shape index (κ1) is 29.3. The van der Waals surface area contributed by atoms with E-state index in [4.69, 9.17) is 19.1 Å². The molecule has 2 aromatic carbocycles. The molecule has 1 N–H and O–H groups in total. The maximum Gasteiger partial charge on any atom is 0.255 e. The molecule has 2 aromatic rings. The van der Waals surface area contributed by atoms with Crippen LogP contribution < -0.4 is 15.0 Å². The Morgan fingerprint density at radius 1 is 1.05 bits per heavy atom. The summed E-state index contributed by atoms with van der Waals surface area (Å²) in [7, 11) is 3.61. The van der Waals surface area contributed by atoms with Gasteiger partial charge in [-0.1, -0.05) is 113 Å². The van der Waals surface area contributed by atoms with Gasteiger partial charge >= 0.3 is 0 Å². The number of nitrogens with one attached hydrogen (secondary N) is 1. The predicted octanol–water partition coefficient (Wildman–Crippen LogP) is 8.49. The number of rotatable bonds is 18. The van der Waals surface area contributed by atoms with Crippen LogP contribution in [-0.4, -0.2) is 50.1 Å². The summed E-state index contributed by atoms with van der Waals surface area (Å²) < 4.78 is 23.1. The highest BCUT2D eigenvalue weighted by Gasteiger charge is 2.32. The average Bonchev–Trinajstić information content (AvgIpc) is 3.36. The zero-order chi connectivity index (χ0) is 30.5. The zero-order valence-electron chi connectivity index (χ0n) is 27.2. The van der Waals surface area contributed by atoms with Crippen molar-refractivity contribution < 1.29 is 12.3 Å². The number of benzene rings is 2. The fraction of sp³-hybridized carbons (Fsp3) is 0.618. The lowest BCUT2D eigenvalue weighted by molar-refractivity contribution is 0.0924. The smallest absolute Gasteiger partial charge is 0.255 e. The molecule has 6 heteroatoms. The Kier molecular flexibility index (Phi) is 12.8. The Bertz CT molecular complexity index is 1100. The van der Waals surface area contributed by atoms with Crippen molar-refractivity contribution in [1.82, 2.24) is 10.2 Å². The maximum atomic E-state index is 13.4. The molecule has 2 atom stereocenters. The summed E-state index contributed by atoms with van der Waals surface area (Å²) in [6.07, 6.45) is 15.1. The maximum absolute atomic E-state index is 13.4. The van der Waals surface area contributed by atoms with Crippen molar-refractivity contribution >= 4 is 23.2 Å². The minimum atomic E-state index is -1.62. The van der Waals surface area contributed by atoms with E-state index in [0.717, 1.165) is 18.7 Å². The molecule has 0 bridgehead atoms. The van der Waals surface area contributed by atoms with Crippen molar-refractivity contribution in [2.75, 3.05) is 32.1 Å². The van der Waals surface area contributed by atoms with Crippen LogP contribution in [0.25, 0.3) is 0 Å². The molecule has 40 heavy (non-hydrogen) atoms. The summed E-state index contributed by atoms with van der Waals surface area (Å²) in [6.45, 7) is 4.05. The number of hydrogen-bond acceptors (Lipinski definition) is 4. The number of carbonyl (C=O) groups excluding carboxylic acids is 1. The summed E-state index contributed by atoms with van der Waals surface area (Å²) in [5.41, 5.74) is 1.87. The number of methoxy groups -OCH3 is 1. The van der Waals surface area contributed by atoms with Gasteiger partial charge in [0.1, 0.15) is 5.75 Å². The molecule has 3 rings (SSSR count). The van der Waals surface area contributed by atoms with E-state index in [2.05, 4.69) is 17.1 Å². The minimum Gasteiger partial charge on any atom is -0.496 e. The van der Waals surface area contributed by atoms with Gasteiger partial charge in [-0.05, 0) is 31.4 Å². The van der Waals surface area contributed by atoms with Crippen LogP contribution in [0.4, 0.5) is 5.69 Å². The largest absolute Gasteiger partial charge is 0.496 e. The van der Waals surface area contributed by atoms with Gasteiger partial charge in [-0.15, -0.1) is 0 Å². The summed E-state index contributed by atoms with van der Waals surface area (Å²) in [4.78, 5) is 17.4. The van der Waals surface area contributed by atoms with Crippen LogP contribution in [-0.2, 0) is 6.50 Å². The summed E-state index contributed by atoms with van der Waals surface area (Å²) >= 11 is 6.70. The third kappa shape index (κ3) is 9.99. The lowest BCUT2D eigenvalue weighted by Crippen LogP contribution is -2.43. The molecular weight excluding hydrogens is 518 g/mol. The standard InChI is InChI=1S/C34H52ClN3O2/c1-5-6-7-8-9-10-11-12-13-14-18-22-37(3)32-25-33(40-4)29(24-30(32)35)34(39)36-31-21-23-38(27(31)2)26-28-19-16-15-17-20-28/h15-17,19-20,24-25,27,31H,5-14,18,21-23,26H2,1-4H3,(H,36,39)/t27-,31-/m1/s1/i26D2. The molecule has 5 nitrogen and oxygen atoms in total. The van der Waals surface area contributed by atoms with Crippen LogP contribution in [0.1, 0.15) is 110 Å². The SMILES string of the molecule is [2H]C([2H])(c1ccccc1)N1CC[C@@H](NC(=O)c2cc(Cl)c(N(C)CCCCCCCCCCCCC)cc2OC)[C@H]1C. The Labute approximate surface area is 251 Å². The quantitative estimate of drug-likeness (QED) is 0.182. The van der Waals surface area contributed by atoms with Crippen molar-refractivity contribution in [2.45, 2.75) is 109 Å². The van der Waals surface area contributed by atoms with Gasteiger partial charge in [-0.2, -0.15) is 0 Å². The van der Waals surface area contributed by atoms with Crippen LogP contribution in [0.5, 0.6) is 5.75 Å². The predicted molar refractivity (Wildman–Crippen MR) is 170 cm³/mol. The summed E-state index contributed by atoms with van der Waals surface area (Å²) in [5, 5.41) is 3.65. The van der Waals surface area contributed by atoms with Gasteiger partial charge in [0.25, 0.3) is 5.91 Å². The number of ether oxygens (including phenoxy) is 1. The number of hydrogen-bond donors (Lipinski definition) is 1. The highest BCUT2D eigenvalue weighted by molar-refractivity contribution is 6.33. The molecule has 1 heterocycles. The third-order valence-corrected chi connectivity index (χ3v) is 8.44. The van der Waals surface area contributed by atoms with Crippen molar-refractivity contribution in [3.8, 4) is 5.75 Å². The number of unbranched alkanes of at least 4 members (excludes halogenated alkanes) is 10. The van der Waals surface area contributed by atoms with E-state index in [-0.39, 0.29) is 18.0 Å². The summed E-state index contributed by atoms with van der Waals surface area (Å²) in [5.74, 6) is 0.229. The first-order valence-corrected chi connectivity index (χ1v) is 15.8. The first-order valence-electron chi connectivity index (χ1n) is 16.4. The van der Waals surface area contributed by atoms with Gasteiger partial charge in [0.2, 0.25) is 0 Å². The van der Waals surface area contributed by atoms with Crippen molar-refractivity contribution in [3.05, 3.63) is 58.6 Å². The highest BCUT2D eigenvalue weighted by Crippen LogP contribution is 2.34. The van der Waals surface area contributed by atoms with E-state index >= 15 is 0 Å². The molecule has 0 spiro atoms. The van der Waals surface area contributed by atoms with Gasteiger partial charge in [-0.25, -0.2) is 0 Å². The van der Waals surface area contributed by atoms with Gasteiger partial charge < -0.3 is 15.0 Å². The number of carbonyl (C=O) groups is 1. The molecule has 0 radical (unpaired) electrons. The molecule has 222 valence electrons. The fourth-order valence-electron chi connectivity index (χ4n) is 5.53. The van der Waals surface area contributed by atoms with Crippen LogP contribution in [0, 0.1) is 0 Å². The van der Waals surface area contributed by atoms with Gasteiger partial charge in [-0.3, -0.25) is 9.69 Å². The van der Waals surface area contributed by atoms with Crippen molar-refractivity contribution in [2.24, 2.45) is 0 Å². The molecule has 0 aromatic heterocycles. The number of anilines is 1. The topological polar surface area (TPSA) is 44.8 Å². The zero-order valence-corrected chi connectivity index (χ0v) is 25.9. The molecule has 1 amide bonds. The second kappa shape index (κ2) is 17.5. The van der Waals surface area contributed by atoms with Gasteiger partial charge in [0.15, 0.2) is 0 Å². The monoisotopic (exact) mass is 571 g/mol. The number of likely N-dealkylation sites (tertiary alicyclic amines) is 1. The lowest BCUT2D eigenvalue weighted by Gasteiger charge is -2.26. The second-order valence-electron chi connectivity index (χ2n) is 11.2. The molecule has 1 aliphatic heterocycles. The average molecular weight is 572 g/mol. The molecule has 1 fully saturated rings. The molecule has 1 saturated heterocycles. The van der Waals surface area contributed by atoms with E-state index < -0.39 is 6.50 Å². The van der Waals surface area contributed by atoms with Crippen LogP contribution in [0.15, 0.2) is 42.5 Å². The molecular formula is C34H52ClN3O2. The second-order valence-corrected chi connectivity index (χ2v) is 11.6. The Balaban J connectivity index is 1.50. The Hall–Kier alpha value is -2.24. The van der Waals surface area contributed by atoms with E-state index in [1.54, 1.807) is 25.3 Å². The number of nitrogens with zero attached hydrogens (tertiary/aromatic N) is 2. The normalized spacial score (nSPS) is 18.3. The fourth-order valence-corrected chi connectivity index (χ4v) is 5.84. The lowest BCUT2D eigenvalue weighted by atomic mass is 10.1. The van der Waals surface area contributed by atoms with E-state index in [1.807, 2.05) is 43.1 Å². The van der Waals surface area contributed by atoms with E-state index in [9.17, 15) is 4.79 Å². The highest BCUT2D eigenvalue weighted by atomic mass is 35.5. The Morgan fingerprint density at radius 2 is 1.68 bits per heavy atom. The van der Waals surface area contributed by atoms with E-state index in [0.29, 0.717) is 34.9 Å². The number of halogens is 1. The third-order valence-electron chi connectivity index (χ3n) is 8.14. The van der Waals surface area contributed by atoms with Crippen LogP contribution >= 0.6 is 11.6 Å². The van der Waals surface area contributed by atoms with E-state index in [1.165, 1.54) is 64.2 Å². The van der Waals surface area contributed by atoms with Crippen molar-refractivity contribution in [1.29, 1.82) is 0 Å². The van der Waals surface area contributed by atoms with Crippen LogP contribution in [0.3, 0.4) is 0 Å². The van der Waals surface area contributed by atoms with Gasteiger partial charge in [0, 0.05) is 47.5 Å². The molecule has 0 saturated carbocycles. The molecule has 0 unspecified atom stereocenters. The summed E-state index contributed by atoms with van der Waals surface area (Å²) in [6, 6.07) is 12.4. The number of amides is 1. The molecule has 1 aliphatic rings. The van der Waals surface area contributed by atoms with Gasteiger partial charge in [0.05, 0.1) is 23.4 Å². The first-order chi connectivity index (χ1) is 20.2.